The third-order valence-electron chi connectivity index (χ3n) is 3.28. The number of nitrogens with zero attached hydrogens (tertiary/aromatic N) is 3. The van der Waals surface area contributed by atoms with Gasteiger partial charge in [0.2, 0.25) is 0 Å². The van der Waals surface area contributed by atoms with E-state index >= 15 is 0 Å². The lowest BCUT2D eigenvalue weighted by atomic mass is 10.2. The number of benzene rings is 1. The zero-order chi connectivity index (χ0) is 13.2. The zero-order valence-electron chi connectivity index (χ0n) is 10.5. The summed E-state index contributed by atoms with van der Waals surface area (Å²) in [6, 6.07) is 4.42. The van der Waals surface area contributed by atoms with Crippen molar-refractivity contribution in [2.24, 2.45) is 0 Å². The summed E-state index contributed by atoms with van der Waals surface area (Å²) in [4.78, 5) is 0. The highest BCUT2D eigenvalue weighted by atomic mass is 19.1. The first-order valence-electron chi connectivity index (χ1n) is 6.33. The third kappa shape index (κ3) is 2.38. The Hall–Kier alpha value is -2.11. The second-order valence-corrected chi connectivity index (χ2v) is 4.61. The fourth-order valence-corrected chi connectivity index (χ4v) is 2.22. The van der Waals surface area contributed by atoms with E-state index in [1.165, 1.54) is 12.1 Å². The molecule has 6 heteroatoms. The molecule has 5 nitrogen and oxygen atoms in total. The molecule has 0 saturated carbocycles. The molecule has 1 aliphatic heterocycles. The Bertz CT molecular complexity index is 596. The van der Waals surface area contributed by atoms with Crippen LogP contribution in [0.5, 0.6) is 5.75 Å². The van der Waals surface area contributed by atoms with E-state index in [9.17, 15) is 4.39 Å². The summed E-state index contributed by atoms with van der Waals surface area (Å²) in [7, 11) is 0. The van der Waals surface area contributed by atoms with E-state index in [0.29, 0.717) is 5.75 Å². The second-order valence-electron chi connectivity index (χ2n) is 4.61. The maximum absolute atomic E-state index is 13.3. The zero-order valence-corrected chi connectivity index (χ0v) is 10.5. The monoisotopic (exact) mass is 262 g/mol. The summed E-state index contributed by atoms with van der Waals surface area (Å²) in [5.41, 5.74) is 5.53. The lowest BCUT2D eigenvalue weighted by molar-refractivity contribution is 0.285. The first-order chi connectivity index (χ1) is 9.24. The Balaban J connectivity index is 1.72. The predicted octanol–water partition coefficient (Wildman–Crippen LogP) is 1.91. The predicted molar refractivity (Wildman–Crippen MR) is 68.1 cm³/mol. The molecule has 0 saturated heterocycles. The van der Waals surface area contributed by atoms with E-state index in [4.69, 9.17) is 10.5 Å². The van der Waals surface area contributed by atoms with Crippen LogP contribution in [0.4, 0.5) is 10.1 Å². The number of ether oxygens (including phenoxy) is 1. The van der Waals surface area contributed by atoms with Gasteiger partial charge in [0.1, 0.15) is 24.0 Å². The molecule has 1 aromatic heterocycles. The van der Waals surface area contributed by atoms with Crippen molar-refractivity contribution in [1.29, 1.82) is 0 Å². The maximum Gasteiger partial charge on any atom is 0.171 e. The number of rotatable bonds is 3. The summed E-state index contributed by atoms with van der Waals surface area (Å²) in [5.74, 6) is 1.76. The molecule has 0 aliphatic carbocycles. The lowest BCUT2D eigenvalue weighted by Crippen LogP contribution is -2.14. The standard InChI is InChI=1S/C13H15FN4O/c14-10-7-9(4-5-11(10)15)19-8-13-17-16-12-3-1-2-6-18(12)13/h4-5,7H,1-3,6,8,15H2. The molecule has 0 fully saturated rings. The summed E-state index contributed by atoms with van der Waals surface area (Å²) in [5, 5.41) is 8.26. The van der Waals surface area contributed by atoms with E-state index < -0.39 is 5.82 Å². The molecule has 0 radical (unpaired) electrons. The first-order valence-corrected chi connectivity index (χ1v) is 6.33. The highest BCUT2D eigenvalue weighted by Gasteiger charge is 2.15. The van der Waals surface area contributed by atoms with Crippen LogP contribution in [0.1, 0.15) is 24.5 Å². The van der Waals surface area contributed by atoms with Crippen LogP contribution in [0.3, 0.4) is 0 Å². The van der Waals surface area contributed by atoms with Crippen LogP contribution in [0, 0.1) is 5.82 Å². The van der Waals surface area contributed by atoms with Crippen molar-refractivity contribution >= 4 is 5.69 Å². The number of halogens is 1. The number of nitrogen functional groups attached to an aromatic ring is 1. The largest absolute Gasteiger partial charge is 0.485 e. The third-order valence-corrected chi connectivity index (χ3v) is 3.28. The van der Waals surface area contributed by atoms with Gasteiger partial charge in [0.25, 0.3) is 0 Å². The van der Waals surface area contributed by atoms with Crippen LogP contribution in [-0.2, 0) is 19.6 Å². The normalized spacial score (nSPS) is 14.2. The summed E-state index contributed by atoms with van der Waals surface area (Å²) in [6.45, 7) is 1.22. The first kappa shape index (κ1) is 12.0. The quantitative estimate of drug-likeness (QED) is 0.858. The number of nitrogens with two attached hydrogens (primary N) is 1. The average molecular weight is 262 g/mol. The topological polar surface area (TPSA) is 66.0 Å². The molecule has 0 unspecified atom stereocenters. The van der Waals surface area contributed by atoms with Gasteiger partial charge < -0.3 is 15.0 Å². The summed E-state index contributed by atoms with van der Waals surface area (Å²) >= 11 is 0. The molecule has 2 N–H and O–H groups in total. The Labute approximate surface area is 110 Å². The molecule has 1 aromatic carbocycles. The smallest absolute Gasteiger partial charge is 0.171 e. The SMILES string of the molecule is Nc1ccc(OCc2nnc3n2CCCC3)cc1F. The van der Waals surface area contributed by atoms with Crippen molar-refractivity contribution < 1.29 is 9.13 Å². The van der Waals surface area contributed by atoms with Crippen LogP contribution < -0.4 is 10.5 Å². The fourth-order valence-electron chi connectivity index (χ4n) is 2.22. The van der Waals surface area contributed by atoms with Gasteiger partial charge in [-0.25, -0.2) is 4.39 Å². The Morgan fingerprint density at radius 3 is 3.05 bits per heavy atom. The van der Waals surface area contributed by atoms with Crippen LogP contribution in [-0.4, -0.2) is 14.8 Å². The summed E-state index contributed by atoms with van der Waals surface area (Å²) < 4.78 is 20.9. The van der Waals surface area contributed by atoms with E-state index in [-0.39, 0.29) is 12.3 Å². The van der Waals surface area contributed by atoms with E-state index in [2.05, 4.69) is 14.8 Å². The van der Waals surface area contributed by atoms with Crippen molar-refractivity contribution in [3.8, 4) is 5.75 Å². The van der Waals surface area contributed by atoms with Gasteiger partial charge in [-0.05, 0) is 25.0 Å². The van der Waals surface area contributed by atoms with Gasteiger partial charge in [-0.1, -0.05) is 0 Å². The maximum atomic E-state index is 13.3. The van der Waals surface area contributed by atoms with Gasteiger partial charge in [0.05, 0.1) is 5.69 Å². The molecule has 2 heterocycles. The van der Waals surface area contributed by atoms with Crippen LogP contribution >= 0.6 is 0 Å². The number of hydrogen-bond donors (Lipinski definition) is 1. The number of anilines is 1. The number of aromatic nitrogens is 3. The van der Waals surface area contributed by atoms with E-state index in [0.717, 1.165) is 37.5 Å². The molecule has 1 aliphatic rings. The van der Waals surface area contributed by atoms with E-state index in [1.807, 2.05) is 0 Å². The van der Waals surface area contributed by atoms with Crippen molar-refractivity contribution in [1.82, 2.24) is 14.8 Å². The second kappa shape index (κ2) is 4.87. The lowest BCUT2D eigenvalue weighted by Gasteiger charge is -2.15. The fraction of sp³-hybridized carbons (Fsp3) is 0.385. The minimum Gasteiger partial charge on any atom is -0.485 e. The van der Waals surface area contributed by atoms with Crippen LogP contribution in [0.25, 0.3) is 0 Å². The molecular formula is C13H15FN4O. The van der Waals surface area contributed by atoms with Crippen molar-refractivity contribution in [2.45, 2.75) is 32.4 Å². The van der Waals surface area contributed by atoms with Crippen LogP contribution in [0.2, 0.25) is 0 Å². The molecular weight excluding hydrogens is 247 g/mol. The van der Waals surface area contributed by atoms with Gasteiger partial charge >= 0.3 is 0 Å². The molecule has 0 amide bonds. The van der Waals surface area contributed by atoms with Gasteiger partial charge in [0.15, 0.2) is 5.82 Å². The minimum absolute atomic E-state index is 0.118. The Kier molecular flexibility index (Phi) is 3.06. The highest BCUT2D eigenvalue weighted by Crippen LogP contribution is 2.20. The van der Waals surface area contributed by atoms with Crippen molar-refractivity contribution in [3.05, 3.63) is 35.7 Å². The van der Waals surface area contributed by atoms with Crippen LogP contribution in [0.15, 0.2) is 18.2 Å². The summed E-state index contributed by atoms with van der Waals surface area (Å²) in [6.07, 6.45) is 3.25. The van der Waals surface area contributed by atoms with Crippen molar-refractivity contribution in [2.75, 3.05) is 5.73 Å². The Morgan fingerprint density at radius 1 is 1.32 bits per heavy atom. The minimum atomic E-state index is -0.472. The van der Waals surface area contributed by atoms with Gasteiger partial charge in [0, 0.05) is 19.0 Å². The number of aryl methyl sites for hydroxylation is 1. The number of fused-ring (bicyclic) bond motifs is 1. The van der Waals surface area contributed by atoms with Gasteiger partial charge in [-0.3, -0.25) is 0 Å². The molecule has 3 rings (SSSR count). The number of hydrogen-bond acceptors (Lipinski definition) is 4. The Morgan fingerprint density at radius 2 is 2.21 bits per heavy atom. The van der Waals surface area contributed by atoms with Gasteiger partial charge in [-0.2, -0.15) is 0 Å². The molecule has 19 heavy (non-hydrogen) atoms. The molecule has 0 spiro atoms. The van der Waals surface area contributed by atoms with E-state index in [1.54, 1.807) is 6.07 Å². The van der Waals surface area contributed by atoms with Gasteiger partial charge in [-0.15, -0.1) is 10.2 Å². The molecule has 0 bridgehead atoms. The molecule has 2 aromatic rings. The molecule has 0 atom stereocenters. The molecule has 100 valence electrons. The van der Waals surface area contributed by atoms with Crippen molar-refractivity contribution in [3.63, 3.8) is 0 Å². The average Bonchev–Trinajstić information content (AvgIpc) is 2.83. The highest BCUT2D eigenvalue weighted by molar-refractivity contribution is 5.43.